The monoisotopic (exact) mass is 411 g/mol. The molecular weight excluding hydrogens is 392 g/mol. The van der Waals surface area contributed by atoms with E-state index in [2.05, 4.69) is 18.0 Å². The molecule has 3 aromatic rings. The van der Waals surface area contributed by atoms with Crippen LogP contribution in [0.25, 0.3) is 22.0 Å². The molecule has 1 unspecified atom stereocenters. The Balaban J connectivity index is 1.99. The van der Waals surface area contributed by atoms with E-state index in [9.17, 15) is 8.78 Å². The van der Waals surface area contributed by atoms with Crippen molar-refractivity contribution in [2.75, 3.05) is 7.11 Å². The van der Waals surface area contributed by atoms with Gasteiger partial charge in [0.1, 0.15) is 17.4 Å². The highest BCUT2D eigenvalue weighted by molar-refractivity contribution is 6.31. The van der Waals surface area contributed by atoms with Crippen LogP contribution in [0, 0.1) is 17.6 Å². The van der Waals surface area contributed by atoms with Gasteiger partial charge in [0.25, 0.3) is 0 Å². The predicted octanol–water partition coefficient (Wildman–Crippen LogP) is 7.07. The summed E-state index contributed by atoms with van der Waals surface area (Å²) >= 11 is 6.00. The molecule has 5 heteroatoms. The van der Waals surface area contributed by atoms with Crippen LogP contribution in [-0.4, -0.2) is 12.1 Å². The highest BCUT2D eigenvalue weighted by Gasteiger charge is 2.25. The zero-order valence-electron chi connectivity index (χ0n) is 16.2. The minimum absolute atomic E-state index is 0.0814. The van der Waals surface area contributed by atoms with Gasteiger partial charge in [-0.15, -0.1) is 0 Å². The van der Waals surface area contributed by atoms with E-state index >= 15 is 0 Å². The molecule has 148 valence electrons. The van der Waals surface area contributed by atoms with Crippen molar-refractivity contribution < 1.29 is 13.5 Å². The standard InChI is InChI=1S/C24H20ClF2NO/c1-3-14-5-4-6-16(24(14)17-12-19(25)21(27)13-20(17)26)15-7-8-22-18(11-15)23(29-2)9-10-28-22/h4,6-14H,3,5H2,1-2H3. The number of methoxy groups -OCH3 is 1. The summed E-state index contributed by atoms with van der Waals surface area (Å²) in [6.45, 7) is 2.07. The van der Waals surface area contributed by atoms with E-state index in [4.69, 9.17) is 16.3 Å². The number of aromatic nitrogens is 1. The lowest BCUT2D eigenvalue weighted by Crippen LogP contribution is -2.09. The highest BCUT2D eigenvalue weighted by atomic mass is 35.5. The molecule has 0 spiro atoms. The third-order valence-electron chi connectivity index (χ3n) is 5.43. The molecule has 1 aliphatic rings. The summed E-state index contributed by atoms with van der Waals surface area (Å²) in [6.07, 6.45) is 7.43. The van der Waals surface area contributed by atoms with E-state index in [0.29, 0.717) is 5.56 Å². The summed E-state index contributed by atoms with van der Waals surface area (Å²) in [5.41, 5.74) is 3.83. The van der Waals surface area contributed by atoms with Crippen LogP contribution in [-0.2, 0) is 0 Å². The molecular formula is C24H20ClF2NO. The number of halogens is 3. The smallest absolute Gasteiger partial charge is 0.144 e. The van der Waals surface area contributed by atoms with Crippen LogP contribution in [0.5, 0.6) is 5.75 Å². The van der Waals surface area contributed by atoms with Crippen molar-refractivity contribution in [1.29, 1.82) is 0 Å². The first-order valence-corrected chi connectivity index (χ1v) is 9.90. The second kappa shape index (κ2) is 7.96. The molecule has 1 heterocycles. The summed E-state index contributed by atoms with van der Waals surface area (Å²) in [7, 11) is 1.62. The van der Waals surface area contributed by atoms with Gasteiger partial charge < -0.3 is 4.74 Å². The first-order chi connectivity index (χ1) is 14.0. The van der Waals surface area contributed by atoms with Crippen LogP contribution in [0.2, 0.25) is 5.02 Å². The fraction of sp³-hybridized carbons (Fsp3) is 0.208. The van der Waals surface area contributed by atoms with Crippen molar-refractivity contribution in [3.05, 3.63) is 82.5 Å². The first kappa shape index (κ1) is 19.6. The van der Waals surface area contributed by atoms with Gasteiger partial charge in [-0.05, 0) is 59.7 Å². The van der Waals surface area contributed by atoms with E-state index in [1.807, 2.05) is 30.3 Å². The first-order valence-electron chi connectivity index (χ1n) is 9.52. The second-order valence-electron chi connectivity index (χ2n) is 7.06. The minimum Gasteiger partial charge on any atom is -0.496 e. The van der Waals surface area contributed by atoms with Gasteiger partial charge in [-0.3, -0.25) is 4.98 Å². The molecule has 0 fully saturated rings. The average Bonchev–Trinajstić information content (AvgIpc) is 2.75. The average molecular weight is 412 g/mol. The van der Waals surface area contributed by atoms with Crippen molar-refractivity contribution in [2.45, 2.75) is 19.8 Å². The van der Waals surface area contributed by atoms with Crippen molar-refractivity contribution in [1.82, 2.24) is 4.98 Å². The molecule has 1 aliphatic carbocycles. The number of hydrogen-bond donors (Lipinski definition) is 0. The summed E-state index contributed by atoms with van der Waals surface area (Å²) in [4.78, 5) is 4.39. The molecule has 4 rings (SSSR count). The van der Waals surface area contributed by atoms with E-state index < -0.39 is 11.6 Å². The van der Waals surface area contributed by atoms with E-state index in [1.54, 1.807) is 13.3 Å². The third-order valence-corrected chi connectivity index (χ3v) is 5.72. The Kier molecular flexibility index (Phi) is 5.37. The maximum absolute atomic E-state index is 14.8. The number of hydrogen-bond acceptors (Lipinski definition) is 2. The number of fused-ring (bicyclic) bond motifs is 1. The lowest BCUT2D eigenvalue weighted by Gasteiger charge is -2.26. The van der Waals surface area contributed by atoms with Crippen molar-refractivity contribution >= 4 is 33.7 Å². The van der Waals surface area contributed by atoms with Gasteiger partial charge in [-0.25, -0.2) is 8.78 Å². The molecule has 0 radical (unpaired) electrons. The van der Waals surface area contributed by atoms with Crippen molar-refractivity contribution in [3.63, 3.8) is 0 Å². The Bertz CT molecular complexity index is 1150. The number of ether oxygens (including phenoxy) is 1. The molecule has 2 aromatic carbocycles. The third kappa shape index (κ3) is 3.53. The predicted molar refractivity (Wildman–Crippen MR) is 114 cm³/mol. The quantitative estimate of drug-likeness (QED) is 0.428. The summed E-state index contributed by atoms with van der Waals surface area (Å²) in [5, 5.41) is 0.797. The molecule has 0 saturated heterocycles. The fourth-order valence-electron chi connectivity index (χ4n) is 3.96. The molecule has 0 amide bonds. The number of pyridine rings is 1. The largest absolute Gasteiger partial charge is 0.496 e. The zero-order chi connectivity index (χ0) is 20.5. The second-order valence-corrected chi connectivity index (χ2v) is 7.47. The summed E-state index contributed by atoms with van der Waals surface area (Å²) < 4.78 is 34.0. The summed E-state index contributed by atoms with van der Waals surface area (Å²) in [6, 6.07) is 9.96. The van der Waals surface area contributed by atoms with Crippen LogP contribution in [0.1, 0.15) is 30.9 Å². The van der Waals surface area contributed by atoms with E-state index in [0.717, 1.165) is 52.3 Å². The Morgan fingerprint density at radius 3 is 2.72 bits per heavy atom. The number of benzene rings is 2. The number of allylic oxidation sites excluding steroid dienone is 4. The maximum Gasteiger partial charge on any atom is 0.144 e. The van der Waals surface area contributed by atoms with Gasteiger partial charge in [-0.2, -0.15) is 0 Å². The van der Waals surface area contributed by atoms with Crippen LogP contribution < -0.4 is 4.74 Å². The molecule has 0 saturated carbocycles. The van der Waals surface area contributed by atoms with Gasteiger partial charge in [0.2, 0.25) is 0 Å². The lowest BCUT2D eigenvalue weighted by molar-refractivity contribution is 0.419. The highest BCUT2D eigenvalue weighted by Crippen LogP contribution is 2.42. The maximum atomic E-state index is 14.8. The molecule has 29 heavy (non-hydrogen) atoms. The van der Waals surface area contributed by atoms with Crippen LogP contribution in [0.3, 0.4) is 0 Å². The Labute approximate surface area is 173 Å². The minimum atomic E-state index is -0.754. The zero-order valence-corrected chi connectivity index (χ0v) is 16.9. The molecule has 0 N–H and O–H groups in total. The molecule has 1 aromatic heterocycles. The number of nitrogens with zero attached hydrogens (tertiary/aromatic N) is 1. The normalized spacial score (nSPS) is 16.5. The van der Waals surface area contributed by atoms with Crippen LogP contribution >= 0.6 is 11.6 Å². The SMILES string of the molecule is CCC1CC=CC(c2ccc3nccc(OC)c3c2)=C1c1cc(Cl)c(F)cc1F. The van der Waals surface area contributed by atoms with Crippen molar-refractivity contribution in [3.8, 4) is 5.75 Å². The van der Waals surface area contributed by atoms with Gasteiger partial charge in [0.15, 0.2) is 0 Å². The van der Waals surface area contributed by atoms with Gasteiger partial charge in [-0.1, -0.05) is 36.7 Å². The summed E-state index contributed by atoms with van der Waals surface area (Å²) in [5.74, 6) is -0.525. The van der Waals surface area contributed by atoms with Crippen molar-refractivity contribution in [2.24, 2.45) is 5.92 Å². The van der Waals surface area contributed by atoms with Gasteiger partial charge in [0, 0.05) is 23.2 Å². The van der Waals surface area contributed by atoms with E-state index in [1.165, 1.54) is 6.07 Å². The van der Waals surface area contributed by atoms with Gasteiger partial charge >= 0.3 is 0 Å². The molecule has 1 atom stereocenters. The topological polar surface area (TPSA) is 22.1 Å². The molecule has 2 nitrogen and oxygen atoms in total. The fourth-order valence-corrected chi connectivity index (χ4v) is 4.12. The van der Waals surface area contributed by atoms with Gasteiger partial charge in [0.05, 0.1) is 17.6 Å². The Hall–Kier alpha value is -2.72. The number of rotatable bonds is 4. The van der Waals surface area contributed by atoms with E-state index in [-0.39, 0.29) is 10.9 Å². The van der Waals surface area contributed by atoms with Crippen LogP contribution in [0.15, 0.2) is 54.7 Å². The van der Waals surface area contributed by atoms with Crippen LogP contribution in [0.4, 0.5) is 8.78 Å². The molecule has 0 aliphatic heterocycles. The molecule has 0 bridgehead atoms. The lowest BCUT2D eigenvalue weighted by atomic mass is 9.79. The Morgan fingerprint density at radius 1 is 1.14 bits per heavy atom. The Morgan fingerprint density at radius 2 is 1.97 bits per heavy atom.